The Morgan fingerprint density at radius 1 is 1.07 bits per heavy atom. The number of hydrogen-bond acceptors (Lipinski definition) is 5. The second-order valence-electron chi connectivity index (χ2n) is 9.53. The molecular formula is C21H35N3O5. The first-order valence-corrected chi connectivity index (χ1v) is 10.8. The van der Waals surface area contributed by atoms with Gasteiger partial charge in [-0.05, 0) is 58.8 Å². The van der Waals surface area contributed by atoms with Crippen LogP contribution in [0.4, 0.5) is 9.59 Å². The molecule has 8 heteroatoms. The number of amides is 3. The van der Waals surface area contributed by atoms with E-state index in [2.05, 4.69) is 0 Å². The Hall–Kier alpha value is -1.99. The molecule has 0 aromatic carbocycles. The van der Waals surface area contributed by atoms with Gasteiger partial charge in [-0.1, -0.05) is 0 Å². The Morgan fingerprint density at radius 2 is 1.76 bits per heavy atom. The van der Waals surface area contributed by atoms with Crippen molar-refractivity contribution >= 4 is 18.1 Å². The Morgan fingerprint density at radius 3 is 2.38 bits per heavy atom. The largest absolute Gasteiger partial charge is 0.469 e. The van der Waals surface area contributed by atoms with Crippen LogP contribution >= 0.6 is 0 Å². The average Bonchev–Trinajstić information content (AvgIpc) is 3.00. The normalized spacial score (nSPS) is 25.8. The smallest absolute Gasteiger partial charge is 0.410 e. The van der Waals surface area contributed by atoms with Crippen LogP contribution in [0.3, 0.4) is 0 Å². The lowest BCUT2D eigenvalue weighted by molar-refractivity contribution is -0.147. The maximum absolute atomic E-state index is 12.8. The molecule has 164 valence electrons. The molecule has 0 saturated carbocycles. The van der Waals surface area contributed by atoms with Gasteiger partial charge >= 0.3 is 18.1 Å². The lowest BCUT2D eigenvalue weighted by Crippen LogP contribution is -2.45. The monoisotopic (exact) mass is 409 g/mol. The van der Waals surface area contributed by atoms with Gasteiger partial charge in [0.25, 0.3) is 0 Å². The predicted molar refractivity (Wildman–Crippen MR) is 107 cm³/mol. The van der Waals surface area contributed by atoms with Gasteiger partial charge in [0.1, 0.15) is 5.60 Å². The summed E-state index contributed by atoms with van der Waals surface area (Å²) < 4.78 is 10.3. The third-order valence-electron chi connectivity index (χ3n) is 6.26. The summed E-state index contributed by atoms with van der Waals surface area (Å²) in [6.07, 6.45) is 4.25. The van der Waals surface area contributed by atoms with E-state index in [1.807, 2.05) is 30.6 Å². The van der Waals surface area contributed by atoms with Crippen molar-refractivity contribution < 1.29 is 23.9 Å². The molecule has 3 rings (SSSR count). The van der Waals surface area contributed by atoms with Crippen molar-refractivity contribution in [3.8, 4) is 0 Å². The van der Waals surface area contributed by atoms with Crippen LogP contribution in [0.5, 0.6) is 0 Å². The number of likely N-dealkylation sites (tertiary alicyclic amines) is 1. The van der Waals surface area contributed by atoms with Crippen LogP contribution in [0.25, 0.3) is 0 Å². The van der Waals surface area contributed by atoms with Crippen LogP contribution in [-0.2, 0) is 14.3 Å². The molecule has 3 heterocycles. The minimum Gasteiger partial charge on any atom is -0.469 e. The molecule has 0 aliphatic carbocycles. The van der Waals surface area contributed by atoms with Crippen molar-refractivity contribution in [1.82, 2.24) is 14.7 Å². The van der Waals surface area contributed by atoms with E-state index in [1.165, 1.54) is 7.11 Å². The van der Waals surface area contributed by atoms with Gasteiger partial charge in [0.05, 0.1) is 19.1 Å². The fraction of sp³-hybridized carbons (Fsp3) is 0.857. The molecule has 3 aliphatic rings. The molecule has 0 radical (unpaired) electrons. The van der Waals surface area contributed by atoms with Crippen LogP contribution in [0.2, 0.25) is 0 Å². The van der Waals surface area contributed by atoms with Gasteiger partial charge in [0.2, 0.25) is 0 Å². The van der Waals surface area contributed by atoms with Crippen LogP contribution in [0.15, 0.2) is 0 Å². The number of hydrogen-bond donors (Lipinski definition) is 0. The Kier molecular flexibility index (Phi) is 6.58. The van der Waals surface area contributed by atoms with Crippen molar-refractivity contribution in [2.24, 2.45) is 11.8 Å². The number of urea groups is 1. The van der Waals surface area contributed by atoms with Gasteiger partial charge in [0, 0.05) is 32.7 Å². The summed E-state index contributed by atoms with van der Waals surface area (Å²) in [6, 6.07) is 0.271. The second kappa shape index (κ2) is 8.79. The summed E-state index contributed by atoms with van der Waals surface area (Å²) in [5.74, 6) is 0.103. The van der Waals surface area contributed by atoms with Crippen molar-refractivity contribution in [3.05, 3.63) is 0 Å². The predicted octanol–water partition coefficient (Wildman–Crippen LogP) is 2.71. The molecule has 0 N–H and O–H groups in total. The lowest BCUT2D eigenvalue weighted by atomic mass is 9.93. The summed E-state index contributed by atoms with van der Waals surface area (Å²) in [6.45, 7) is 9.03. The summed E-state index contributed by atoms with van der Waals surface area (Å²) in [5.41, 5.74) is -0.469. The topological polar surface area (TPSA) is 79.4 Å². The summed E-state index contributed by atoms with van der Waals surface area (Å²) in [7, 11) is 1.40. The first-order chi connectivity index (χ1) is 13.7. The average molecular weight is 410 g/mol. The van der Waals surface area contributed by atoms with E-state index in [-0.39, 0.29) is 30.1 Å². The molecule has 8 nitrogen and oxygen atoms in total. The van der Waals surface area contributed by atoms with Crippen LogP contribution in [-0.4, -0.2) is 84.3 Å². The number of methoxy groups -OCH3 is 1. The second-order valence-corrected chi connectivity index (χ2v) is 9.53. The zero-order chi connectivity index (χ0) is 21.2. The fourth-order valence-corrected chi connectivity index (χ4v) is 4.58. The maximum atomic E-state index is 12.8. The van der Waals surface area contributed by atoms with Gasteiger partial charge in [-0.25, -0.2) is 9.59 Å². The first-order valence-electron chi connectivity index (χ1n) is 10.8. The lowest BCUT2D eigenvalue weighted by Gasteiger charge is -2.34. The molecule has 0 aromatic rings. The van der Waals surface area contributed by atoms with Crippen molar-refractivity contribution in [3.63, 3.8) is 0 Å². The van der Waals surface area contributed by atoms with E-state index in [1.54, 1.807) is 4.90 Å². The molecule has 0 aromatic heterocycles. The quantitative estimate of drug-likeness (QED) is 0.667. The number of fused-ring (bicyclic) bond motifs is 1. The Bertz CT molecular complexity index is 624. The SMILES string of the molecule is COC(=O)[C@H]1CC[C@@H]2CN(CCC3CCN(C(=O)OC(C)(C)C)CC3)C(=O)N2C1. The number of rotatable bonds is 4. The number of nitrogens with zero attached hydrogens (tertiary/aromatic N) is 3. The van der Waals surface area contributed by atoms with E-state index in [9.17, 15) is 14.4 Å². The van der Waals surface area contributed by atoms with Gasteiger partial charge in [0.15, 0.2) is 0 Å². The van der Waals surface area contributed by atoms with Crippen molar-refractivity contribution in [2.45, 2.75) is 64.5 Å². The highest BCUT2D eigenvalue weighted by molar-refractivity contribution is 5.79. The van der Waals surface area contributed by atoms with Gasteiger partial charge in [-0.3, -0.25) is 4.79 Å². The molecule has 3 saturated heterocycles. The van der Waals surface area contributed by atoms with E-state index >= 15 is 0 Å². The highest BCUT2D eigenvalue weighted by Crippen LogP contribution is 2.30. The minimum absolute atomic E-state index is 0.0507. The van der Waals surface area contributed by atoms with Gasteiger partial charge in [-0.2, -0.15) is 0 Å². The van der Waals surface area contributed by atoms with Crippen LogP contribution in [0, 0.1) is 11.8 Å². The Labute approximate surface area is 173 Å². The fourth-order valence-electron chi connectivity index (χ4n) is 4.58. The van der Waals surface area contributed by atoms with Crippen molar-refractivity contribution in [2.75, 3.05) is 39.8 Å². The van der Waals surface area contributed by atoms with E-state index in [0.29, 0.717) is 25.6 Å². The summed E-state index contributed by atoms with van der Waals surface area (Å²) in [5, 5.41) is 0. The standard InChI is InChI=1S/C21H35N3O5/c1-21(2,3)29-20(27)22-10-7-15(8-11-22)9-12-23-14-17-6-5-16(18(25)28-4)13-24(17)19(23)26/h15-17H,5-14H2,1-4H3/t16-,17+/m0/s1. The van der Waals surface area contributed by atoms with Crippen LogP contribution in [0.1, 0.15) is 52.9 Å². The first kappa shape index (κ1) is 21.7. The molecule has 3 amide bonds. The molecule has 0 spiro atoms. The highest BCUT2D eigenvalue weighted by atomic mass is 16.6. The summed E-state index contributed by atoms with van der Waals surface area (Å²) in [4.78, 5) is 42.4. The maximum Gasteiger partial charge on any atom is 0.410 e. The van der Waals surface area contributed by atoms with E-state index in [4.69, 9.17) is 9.47 Å². The van der Waals surface area contributed by atoms with E-state index < -0.39 is 5.60 Å². The zero-order valence-corrected chi connectivity index (χ0v) is 18.2. The zero-order valence-electron chi connectivity index (χ0n) is 18.2. The highest BCUT2D eigenvalue weighted by Gasteiger charge is 2.43. The Balaban J connectivity index is 1.42. The minimum atomic E-state index is -0.469. The number of esters is 1. The summed E-state index contributed by atoms with van der Waals surface area (Å²) >= 11 is 0. The third kappa shape index (κ3) is 5.34. The molecule has 2 atom stereocenters. The van der Waals surface area contributed by atoms with Crippen LogP contribution < -0.4 is 0 Å². The third-order valence-corrected chi connectivity index (χ3v) is 6.26. The van der Waals surface area contributed by atoms with Gasteiger partial charge < -0.3 is 24.2 Å². The van der Waals surface area contributed by atoms with Crippen molar-refractivity contribution in [1.29, 1.82) is 0 Å². The molecule has 3 aliphatic heterocycles. The molecule has 0 unspecified atom stereocenters. The number of ether oxygens (including phenoxy) is 2. The molecule has 3 fully saturated rings. The van der Waals surface area contributed by atoms with E-state index in [0.717, 1.165) is 45.2 Å². The number of carbonyl (C=O) groups excluding carboxylic acids is 3. The molecular weight excluding hydrogens is 374 g/mol. The molecule has 29 heavy (non-hydrogen) atoms. The molecule has 0 bridgehead atoms. The number of piperidine rings is 2. The number of carbonyl (C=O) groups is 3. The van der Waals surface area contributed by atoms with Gasteiger partial charge in [-0.15, -0.1) is 0 Å².